The first-order chi connectivity index (χ1) is 12.2. The van der Waals surface area contributed by atoms with Crippen LogP contribution in [0.2, 0.25) is 0 Å². The maximum Gasteiger partial charge on any atom is 0.270 e. The summed E-state index contributed by atoms with van der Waals surface area (Å²) < 4.78 is 0. The molecular formula is C20H17N3O2. The molecule has 3 aromatic rings. The first-order valence-electron chi connectivity index (χ1n) is 8.12. The molecule has 5 nitrogen and oxygen atoms in total. The lowest BCUT2D eigenvalue weighted by molar-refractivity contribution is -0.384. The highest BCUT2D eigenvalue weighted by Crippen LogP contribution is 2.36. The van der Waals surface area contributed by atoms with Crippen molar-refractivity contribution in [2.75, 3.05) is 16.9 Å². The van der Waals surface area contributed by atoms with E-state index in [0.717, 1.165) is 35.7 Å². The summed E-state index contributed by atoms with van der Waals surface area (Å²) in [7, 11) is 0. The standard InChI is InChI=1S/C20H17N3O2/c24-23(25)18-8-4-7-16(11-18)17-9-10-19-20(12-17)22(14-21-19)13-15-5-2-1-3-6-15/h1-12,21H,13-14H2. The average Bonchev–Trinajstić information content (AvgIpc) is 3.05. The minimum Gasteiger partial charge on any atom is -0.366 e. The summed E-state index contributed by atoms with van der Waals surface area (Å²) in [5.41, 5.74) is 5.39. The van der Waals surface area contributed by atoms with Crippen molar-refractivity contribution >= 4 is 17.1 Å². The van der Waals surface area contributed by atoms with Crippen molar-refractivity contribution in [3.05, 3.63) is 88.5 Å². The molecule has 124 valence electrons. The van der Waals surface area contributed by atoms with Crippen LogP contribution >= 0.6 is 0 Å². The van der Waals surface area contributed by atoms with Gasteiger partial charge in [0, 0.05) is 18.7 Å². The molecule has 0 unspecified atom stereocenters. The van der Waals surface area contributed by atoms with E-state index >= 15 is 0 Å². The first kappa shape index (κ1) is 15.2. The number of nitrogens with one attached hydrogen (secondary N) is 1. The Labute approximate surface area is 145 Å². The van der Waals surface area contributed by atoms with Gasteiger partial charge in [0.2, 0.25) is 0 Å². The van der Waals surface area contributed by atoms with E-state index in [1.165, 1.54) is 11.6 Å². The number of nitrogens with zero attached hydrogens (tertiary/aromatic N) is 2. The molecule has 3 aromatic carbocycles. The van der Waals surface area contributed by atoms with Gasteiger partial charge in [-0.05, 0) is 28.8 Å². The largest absolute Gasteiger partial charge is 0.366 e. The lowest BCUT2D eigenvalue weighted by atomic mass is 10.0. The van der Waals surface area contributed by atoms with Gasteiger partial charge in [-0.3, -0.25) is 10.1 Å². The van der Waals surface area contributed by atoms with Crippen molar-refractivity contribution in [2.45, 2.75) is 6.54 Å². The Kier molecular flexibility index (Phi) is 3.82. The van der Waals surface area contributed by atoms with Crippen LogP contribution < -0.4 is 10.2 Å². The molecule has 0 saturated heterocycles. The van der Waals surface area contributed by atoms with Crippen LogP contribution in [-0.4, -0.2) is 11.6 Å². The summed E-state index contributed by atoms with van der Waals surface area (Å²) in [4.78, 5) is 12.9. The molecule has 4 rings (SSSR count). The van der Waals surface area contributed by atoms with E-state index in [0.29, 0.717) is 0 Å². The summed E-state index contributed by atoms with van der Waals surface area (Å²) in [5, 5.41) is 14.4. The van der Waals surface area contributed by atoms with Crippen molar-refractivity contribution in [1.29, 1.82) is 0 Å². The van der Waals surface area contributed by atoms with Gasteiger partial charge in [0.15, 0.2) is 0 Å². The minimum absolute atomic E-state index is 0.109. The van der Waals surface area contributed by atoms with Gasteiger partial charge in [0.05, 0.1) is 23.0 Å². The van der Waals surface area contributed by atoms with Gasteiger partial charge in [-0.25, -0.2) is 0 Å². The molecule has 0 aromatic heterocycles. The summed E-state index contributed by atoms with van der Waals surface area (Å²) in [6.45, 7) is 1.57. The lowest BCUT2D eigenvalue weighted by Crippen LogP contribution is -2.21. The molecule has 1 N–H and O–H groups in total. The molecule has 5 heteroatoms. The van der Waals surface area contributed by atoms with Crippen LogP contribution in [0.25, 0.3) is 11.1 Å². The second kappa shape index (κ2) is 6.28. The van der Waals surface area contributed by atoms with E-state index < -0.39 is 0 Å². The van der Waals surface area contributed by atoms with Crippen LogP contribution in [0.15, 0.2) is 72.8 Å². The fraction of sp³-hybridized carbons (Fsp3) is 0.100. The number of anilines is 2. The number of non-ortho nitro benzene ring substituents is 1. The molecule has 0 bridgehead atoms. The third-order valence-corrected chi connectivity index (χ3v) is 4.41. The van der Waals surface area contributed by atoms with Crippen LogP contribution in [0, 0.1) is 10.1 Å². The fourth-order valence-electron chi connectivity index (χ4n) is 3.13. The quantitative estimate of drug-likeness (QED) is 0.558. The highest BCUT2D eigenvalue weighted by atomic mass is 16.6. The van der Waals surface area contributed by atoms with Gasteiger partial charge in [-0.15, -0.1) is 0 Å². The number of nitro groups is 1. The Morgan fingerprint density at radius 2 is 1.76 bits per heavy atom. The highest BCUT2D eigenvalue weighted by Gasteiger charge is 2.19. The number of rotatable bonds is 4. The summed E-state index contributed by atoms with van der Waals surface area (Å²) in [5.74, 6) is 0. The molecule has 1 heterocycles. The van der Waals surface area contributed by atoms with Gasteiger partial charge in [-0.2, -0.15) is 0 Å². The van der Waals surface area contributed by atoms with Crippen LogP contribution in [0.4, 0.5) is 17.1 Å². The molecule has 0 saturated carbocycles. The third-order valence-electron chi connectivity index (χ3n) is 4.41. The van der Waals surface area contributed by atoms with E-state index in [4.69, 9.17) is 0 Å². The van der Waals surface area contributed by atoms with E-state index in [9.17, 15) is 10.1 Å². The van der Waals surface area contributed by atoms with Gasteiger partial charge < -0.3 is 10.2 Å². The SMILES string of the molecule is O=[N+]([O-])c1cccc(-c2ccc3c(c2)N(Cc2ccccc2)CN3)c1. The van der Waals surface area contributed by atoms with Crippen LogP contribution in [0.1, 0.15) is 5.56 Å². The van der Waals surface area contributed by atoms with Crippen molar-refractivity contribution in [2.24, 2.45) is 0 Å². The summed E-state index contributed by atoms with van der Waals surface area (Å²) in [6.07, 6.45) is 0. The number of fused-ring (bicyclic) bond motifs is 1. The van der Waals surface area contributed by atoms with Gasteiger partial charge in [-0.1, -0.05) is 48.5 Å². The normalized spacial score (nSPS) is 12.6. The van der Waals surface area contributed by atoms with E-state index in [-0.39, 0.29) is 10.6 Å². The number of benzene rings is 3. The second-order valence-corrected chi connectivity index (χ2v) is 6.06. The second-order valence-electron chi connectivity index (χ2n) is 6.06. The monoisotopic (exact) mass is 331 g/mol. The predicted molar refractivity (Wildman–Crippen MR) is 99.6 cm³/mol. The van der Waals surface area contributed by atoms with E-state index in [1.54, 1.807) is 12.1 Å². The topological polar surface area (TPSA) is 58.4 Å². The molecule has 1 aliphatic rings. The molecule has 0 aliphatic carbocycles. The first-order valence-corrected chi connectivity index (χ1v) is 8.12. The summed E-state index contributed by atoms with van der Waals surface area (Å²) >= 11 is 0. The van der Waals surface area contributed by atoms with Crippen LogP contribution in [-0.2, 0) is 6.54 Å². The molecular weight excluding hydrogens is 314 g/mol. The zero-order valence-electron chi connectivity index (χ0n) is 13.6. The lowest BCUT2D eigenvalue weighted by Gasteiger charge is -2.18. The molecule has 1 aliphatic heterocycles. The van der Waals surface area contributed by atoms with Gasteiger partial charge >= 0.3 is 0 Å². The van der Waals surface area contributed by atoms with Crippen molar-refractivity contribution in [3.8, 4) is 11.1 Å². The van der Waals surface area contributed by atoms with Crippen LogP contribution in [0.5, 0.6) is 0 Å². The smallest absolute Gasteiger partial charge is 0.270 e. The zero-order chi connectivity index (χ0) is 17.2. The zero-order valence-corrected chi connectivity index (χ0v) is 13.6. The number of nitro benzene ring substituents is 1. The number of hydrogen-bond acceptors (Lipinski definition) is 4. The Balaban J connectivity index is 1.66. The number of hydrogen-bond donors (Lipinski definition) is 1. The maximum atomic E-state index is 11.0. The Bertz CT molecular complexity index is 925. The molecule has 0 fully saturated rings. The van der Waals surface area contributed by atoms with Crippen molar-refractivity contribution < 1.29 is 4.92 Å². The van der Waals surface area contributed by atoms with Crippen molar-refractivity contribution in [3.63, 3.8) is 0 Å². The Hall–Kier alpha value is -3.34. The maximum absolute atomic E-state index is 11.0. The van der Waals surface area contributed by atoms with Crippen LogP contribution in [0.3, 0.4) is 0 Å². The fourth-order valence-corrected chi connectivity index (χ4v) is 3.13. The average molecular weight is 331 g/mol. The summed E-state index contributed by atoms with van der Waals surface area (Å²) in [6, 6.07) is 23.2. The molecule has 0 amide bonds. The molecule has 25 heavy (non-hydrogen) atoms. The molecule has 0 atom stereocenters. The van der Waals surface area contributed by atoms with Gasteiger partial charge in [0.1, 0.15) is 0 Å². The molecule has 0 radical (unpaired) electrons. The Morgan fingerprint density at radius 3 is 2.56 bits per heavy atom. The van der Waals surface area contributed by atoms with E-state index in [2.05, 4.69) is 28.4 Å². The minimum atomic E-state index is -0.361. The van der Waals surface area contributed by atoms with Gasteiger partial charge in [0.25, 0.3) is 5.69 Å². The van der Waals surface area contributed by atoms with E-state index in [1.807, 2.05) is 36.4 Å². The Morgan fingerprint density at radius 1 is 0.960 bits per heavy atom. The van der Waals surface area contributed by atoms with Crippen molar-refractivity contribution in [1.82, 2.24) is 0 Å². The highest BCUT2D eigenvalue weighted by molar-refractivity contribution is 5.81. The molecule has 0 spiro atoms. The predicted octanol–water partition coefficient (Wildman–Crippen LogP) is 4.65. The third kappa shape index (κ3) is 3.04.